The summed E-state index contributed by atoms with van der Waals surface area (Å²) in [6, 6.07) is 12.1. The molecule has 154 valence electrons. The number of carbonyl (C=O) groups excluding carboxylic acids is 2. The van der Waals surface area contributed by atoms with Crippen LogP contribution in [0.2, 0.25) is 0 Å². The van der Waals surface area contributed by atoms with Gasteiger partial charge in [0.25, 0.3) is 10.0 Å². The third-order valence-electron chi connectivity index (χ3n) is 3.63. The second kappa shape index (κ2) is 9.60. The molecule has 0 bridgehead atoms. The fraction of sp³-hybridized carbons (Fsp3) is 0.158. The fourth-order valence-corrected chi connectivity index (χ4v) is 3.26. The van der Waals surface area contributed by atoms with Gasteiger partial charge in [-0.15, -0.1) is 0 Å². The average Bonchev–Trinajstić information content (AvgIpc) is 2.72. The van der Waals surface area contributed by atoms with Crippen molar-refractivity contribution in [3.8, 4) is 5.75 Å². The number of nitrogens with one attached hydrogen (secondary N) is 2. The molecule has 10 heteroatoms. The SMILES string of the molecule is COC(=O)/C=C(/Nc1ccc(S(=O)(=O)Nc2cccc(OC)c2)cc1)C(=O)OC. The van der Waals surface area contributed by atoms with Crippen LogP contribution in [0.5, 0.6) is 5.75 Å². The third kappa shape index (κ3) is 5.98. The van der Waals surface area contributed by atoms with Gasteiger partial charge >= 0.3 is 11.9 Å². The zero-order valence-electron chi connectivity index (χ0n) is 16.0. The van der Waals surface area contributed by atoms with Crippen molar-refractivity contribution in [1.29, 1.82) is 0 Å². The van der Waals surface area contributed by atoms with Crippen molar-refractivity contribution in [2.75, 3.05) is 31.4 Å². The molecular formula is C19H20N2O7S. The van der Waals surface area contributed by atoms with Gasteiger partial charge in [0.05, 0.1) is 38.0 Å². The van der Waals surface area contributed by atoms with E-state index in [1.54, 1.807) is 24.3 Å². The molecule has 0 amide bonds. The van der Waals surface area contributed by atoms with E-state index in [9.17, 15) is 18.0 Å². The number of anilines is 2. The topological polar surface area (TPSA) is 120 Å². The molecule has 29 heavy (non-hydrogen) atoms. The summed E-state index contributed by atoms with van der Waals surface area (Å²) in [5.74, 6) is -1.02. The van der Waals surface area contributed by atoms with Crippen LogP contribution in [0.3, 0.4) is 0 Å². The Hall–Kier alpha value is -3.53. The number of ether oxygens (including phenoxy) is 3. The van der Waals surface area contributed by atoms with Crippen LogP contribution in [0.15, 0.2) is 65.2 Å². The van der Waals surface area contributed by atoms with Crippen molar-refractivity contribution >= 4 is 33.3 Å². The number of hydrogen-bond acceptors (Lipinski definition) is 8. The largest absolute Gasteiger partial charge is 0.497 e. The zero-order chi connectivity index (χ0) is 21.4. The van der Waals surface area contributed by atoms with Crippen molar-refractivity contribution in [2.45, 2.75) is 4.90 Å². The maximum absolute atomic E-state index is 12.6. The third-order valence-corrected chi connectivity index (χ3v) is 5.03. The minimum Gasteiger partial charge on any atom is -0.497 e. The lowest BCUT2D eigenvalue weighted by molar-refractivity contribution is -0.138. The van der Waals surface area contributed by atoms with E-state index in [0.29, 0.717) is 17.1 Å². The molecule has 0 heterocycles. The standard InChI is InChI=1S/C19H20N2O7S/c1-26-15-6-4-5-14(11-15)21-29(24,25)16-9-7-13(8-10-16)20-17(19(23)28-3)12-18(22)27-2/h4-12,20-21H,1-3H3/b17-12+. The molecule has 2 N–H and O–H groups in total. The van der Waals surface area contributed by atoms with Crippen molar-refractivity contribution in [2.24, 2.45) is 0 Å². The first kappa shape index (κ1) is 21.8. The molecule has 2 rings (SSSR count). The highest BCUT2D eigenvalue weighted by Crippen LogP contribution is 2.22. The van der Waals surface area contributed by atoms with E-state index in [1.807, 2.05) is 0 Å². The van der Waals surface area contributed by atoms with Crippen LogP contribution >= 0.6 is 0 Å². The molecule has 2 aromatic rings. The van der Waals surface area contributed by atoms with Crippen LogP contribution in [0.1, 0.15) is 0 Å². The molecule has 0 aliphatic heterocycles. The van der Waals surface area contributed by atoms with Gasteiger partial charge in [0.1, 0.15) is 11.4 Å². The number of sulfonamides is 1. The molecule has 0 aliphatic rings. The second-order valence-corrected chi connectivity index (χ2v) is 7.24. The molecule has 0 saturated heterocycles. The van der Waals surface area contributed by atoms with Crippen LogP contribution in [0.4, 0.5) is 11.4 Å². The molecule has 0 unspecified atom stereocenters. The number of carbonyl (C=O) groups is 2. The molecule has 0 radical (unpaired) electrons. The van der Waals surface area contributed by atoms with Crippen molar-refractivity contribution in [3.05, 3.63) is 60.3 Å². The molecule has 0 saturated carbocycles. The molecule has 9 nitrogen and oxygen atoms in total. The quantitative estimate of drug-likeness (QED) is 0.492. The summed E-state index contributed by atoms with van der Waals surface area (Å²) in [7, 11) is -0.0274. The fourth-order valence-electron chi connectivity index (χ4n) is 2.21. The van der Waals surface area contributed by atoms with E-state index in [0.717, 1.165) is 13.2 Å². The molecule has 0 spiro atoms. The van der Waals surface area contributed by atoms with Crippen LogP contribution in [0.25, 0.3) is 0 Å². The number of rotatable bonds is 8. The van der Waals surface area contributed by atoms with Crippen molar-refractivity contribution < 1.29 is 32.2 Å². The monoisotopic (exact) mass is 420 g/mol. The van der Waals surface area contributed by atoms with E-state index >= 15 is 0 Å². The minimum atomic E-state index is -3.84. The van der Waals surface area contributed by atoms with E-state index in [1.165, 1.54) is 38.5 Å². The van der Waals surface area contributed by atoms with E-state index in [4.69, 9.17) is 4.74 Å². The van der Waals surface area contributed by atoms with Gasteiger partial charge < -0.3 is 19.5 Å². The number of esters is 2. The van der Waals surface area contributed by atoms with Crippen molar-refractivity contribution in [3.63, 3.8) is 0 Å². The highest BCUT2D eigenvalue weighted by Gasteiger charge is 2.16. The number of benzene rings is 2. The highest BCUT2D eigenvalue weighted by molar-refractivity contribution is 7.92. The summed E-state index contributed by atoms with van der Waals surface area (Å²) in [6.07, 6.45) is 0.931. The van der Waals surface area contributed by atoms with Gasteiger partial charge in [-0.05, 0) is 36.4 Å². The Morgan fingerprint density at radius 2 is 1.62 bits per heavy atom. The van der Waals surface area contributed by atoms with Gasteiger partial charge in [-0.25, -0.2) is 18.0 Å². The molecule has 0 fully saturated rings. The van der Waals surface area contributed by atoms with Gasteiger partial charge in [0, 0.05) is 11.8 Å². The Balaban J connectivity index is 2.20. The normalized spacial score (nSPS) is 11.3. The molecule has 0 aliphatic carbocycles. The molecular weight excluding hydrogens is 400 g/mol. The Morgan fingerprint density at radius 1 is 0.931 bits per heavy atom. The summed E-state index contributed by atoms with van der Waals surface area (Å²) < 4.78 is 41.7. The van der Waals surface area contributed by atoms with Crippen LogP contribution in [-0.2, 0) is 29.1 Å². The van der Waals surface area contributed by atoms with Gasteiger partial charge in [-0.1, -0.05) is 6.07 Å². The Labute approximate surface area is 168 Å². The molecule has 0 atom stereocenters. The lowest BCUT2D eigenvalue weighted by atomic mass is 10.3. The smallest absolute Gasteiger partial charge is 0.354 e. The maximum Gasteiger partial charge on any atom is 0.354 e. The van der Waals surface area contributed by atoms with Gasteiger partial charge in [0.15, 0.2) is 0 Å². The van der Waals surface area contributed by atoms with E-state index in [2.05, 4.69) is 19.5 Å². The predicted molar refractivity (Wildman–Crippen MR) is 106 cm³/mol. The Morgan fingerprint density at radius 3 is 2.21 bits per heavy atom. The Bertz CT molecular complexity index is 1020. The average molecular weight is 420 g/mol. The van der Waals surface area contributed by atoms with Crippen LogP contribution in [-0.4, -0.2) is 41.7 Å². The van der Waals surface area contributed by atoms with Gasteiger partial charge in [-0.3, -0.25) is 4.72 Å². The van der Waals surface area contributed by atoms with Crippen LogP contribution in [0, 0.1) is 0 Å². The number of methoxy groups -OCH3 is 3. The first-order valence-corrected chi connectivity index (χ1v) is 9.69. The first-order valence-electron chi connectivity index (χ1n) is 8.21. The summed E-state index contributed by atoms with van der Waals surface area (Å²) in [4.78, 5) is 23.2. The summed E-state index contributed by atoms with van der Waals surface area (Å²) in [5.41, 5.74) is 0.552. The summed E-state index contributed by atoms with van der Waals surface area (Å²) in [6.45, 7) is 0. The molecule has 2 aromatic carbocycles. The number of hydrogen-bond donors (Lipinski definition) is 2. The van der Waals surface area contributed by atoms with E-state index < -0.39 is 22.0 Å². The Kier molecular flexibility index (Phi) is 7.21. The first-order chi connectivity index (χ1) is 13.8. The van der Waals surface area contributed by atoms with Crippen molar-refractivity contribution in [1.82, 2.24) is 0 Å². The van der Waals surface area contributed by atoms with E-state index in [-0.39, 0.29) is 10.6 Å². The van der Waals surface area contributed by atoms with Crippen LogP contribution < -0.4 is 14.8 Å². The predicted octanol–water partition coefficient (Wildman–Crippen LogP) is 2.14. The minimum absolute atomic E-state index is 0.00226. The summed E-state index contributed by atoms with van der Waals surface area (Å²) in [5, 5.41) is 2.69. The lowest BCUT2D eigenvalue weighted by Crippen LogP contribution is -2.16. The maximum atomic E-state index is 12.6. The van der Waals surface area contributed by atoms with Gasteiger partial charge in [0.2, 0.25) is 0 Å². The van der Waals surface area contributed by atoms with Gasteiger partial charge in [-0.2, -0.15) is 0 Å². The highest BCUT2D eigenvalue weighted by atomic mass is 32.2. The second-order valence-electron chi connectivity index (χ2n) is 5.56. The molecule has 0 aromatic heterocycles. The zero-order valence-corrected chi connectivity index (χ0v) is 16.8. The summed E-state index contributed by atoms with van der Waals surface area (Å²) >= 11 is 0. The lowest BCUT2D eigenvalue weighted by Gasteiger charge is -2.11.